The molecule has 4 saturated carbocycles. The summed E-state index contributed by atoms with van der Waals surface area (Å²) in [5.74, 6) is 2.38. The number of aliphatic hydroxyl groups excluding tert-OH is 1. The van der Waals surface area contributed by atoms with Crippen molar-refractivity contribution in [1.82, 2.24) is 0 Å². The van der Waals surface area contributed by atoms with E-state index in [4.69, 9.17) is 0 Å². The van der Waals surface area contributed by atoms with Crippen LogP contribution < -0.4 is 0 Å². The van der Waals surface area contributed by atoms with Crippen molar-refractivity contribution in [1.29, 1.82) is 0 Å². The molecule has 2 heteroatoms. The Hall–Kier alpha value is -0.0800. The maximum Gasteiger partial charge on any atom is 0.0735 e. The minimum atomic E-state index is -0.525. The van der Waals surface area contributed by atoms with Crippen LogP contribution >= 0.6 is 0 Å². The van der Waals surface area contributed by atoms with Gasteiger partial charge in [0.1, 0.15) is 0 Å². The van der Waals surface area contributed by atoms with Gasteiger partial charge in [-0.25, -0.2) is 0 Å². The highest BCUT2D eigenvalue weighted by molar-refractivity contribution is 5.17. The molecule has 4 rings (SSSR count). The van der Waals surface area contributed by atoms with Gasteiger partial charge in [0, 0.05) is 5.41 Å². The molecule has 132 valence electrons. The van der Waals surface area contributed by atoms with Gasteiger partial charge in [-0.2, -0.15) is 0 Å². The van der Waals surface area contributed by atoms with E-state index in [0.29, 0.717) is 17.3 Å². The van der Waals surface area contributed by atoms with E-state index in [1.54, 1.807) is 0 Å². The molecular weight excluding hydrogens is 284 g/mol. The number of fused-ring (bicyclic) bond motifs is 5. The van der Waals surface area contributed by atoms with Gasteiger partial charge in [-0.3, -0.25) is 0 Å². The van der Waals surface area contributed by atoms with E-state index in [0.717, 1.165) is 25.2 Å². The topological polar surface area (TPSA) is 40.5 Å². The fourth-order valence-electron chi connectivity index (χ4n) is 8.08. The van der Waals surface area contributed by atoms with Crippen molar-refractivity contribution >= 4 is 0 Å². The molecule has 2 N–H and O–H groups in total. The monoisotopic (exact) mass is 320 g/mol. The Balaban J connectivity index is 1.68. The van der Waals surface area contributed by atoms with Crippen LogP contribution in [-0.4, -0.2) is 21.9 Å². The lowest BCUT2D eigenvalue weighted by Crippen LogP contribution is -2.62. The summed E-state index contributed by atoms with van der Waals surface area (Å²) in [5, 5.41) is 22.2. The normalized spacial score (nSPS) is 57.3. The third-order valence-electron chi connectivity index (χ3n) is 9.42. The summed E-state index contributed by atoms with van der Waals surface area (Å²) in [5.41, 5.74) is -0.121. The highest BCUT2D eigenvalue weighted by atomic mass is 16.3. The Morgan fingerprint density at radius 2 is 1.65 bits per heavy atom. The lowest BCUT2D eigenvalue weighted by Gasteiger charge is -2.63. The molecule has 2 nitrogen and oxygen atoms in total. The zero-order chi connectivity index (χ0) is 16.5. The average molecular weight is 321 g/mol. The predicted octanol–water partition coefficient (Wildman–Crippen LogP) is 4.53. The Kier molecular flexibility index (Phi) is 3.71. The second-order valence-electron chi connectivity index (χ2n) is 10.0. The molecule has 0 heterocycles. The first-order valence-electron chi connectivity index (χ1n) is 10.2. The lowest BCUT2D eigenvalue weighted by atomic mass is 9.43. The number of hydrogen-bond acceptors (Lipinski definition) is 2. The fraction of sp³-hybridized carbons (Fsp3) is 1.00. The van der Waals surface area contributed by atoms with E-state index in [1.807, 2.05) is 6.92 Å². The molecule has 0 aromatic rings. The second kappa shape index (κ2) is 5.21. The fourth-order valence-corrected chi connectivity index (χ4v) is 8.08. The molecule has 0 aromatic carbocycles. The highest BCUT2D eigenvalue weighted by Crippen LogP contribution is 2.69. The quantitative estimate of drug-likeness (QED) is 0.745. The van der Waals surface area contributed by atoms with Gasteiger partial charge < -0.3 is 10.2 Å². The summed E-state index contributed by atoms with van der Waals surface area (Å²) >= 11 is 0. The summed E-state index contributed by atoms with van der Waals surface area (Å²) in [6, 6.07) is 0. The van der Waals surface area contributed by atoms with Crippen molar-refractivity contribution in [2.24, 2.45) is 34.5 Å². The molecule has 8 unspecified atom stereocenters. The van der Waals surface area contributed by atoms with Crippen LogP contribution in [0.4, 0.5) is 0 Å². The van der Waals surface area contributed by atoms with Gasteiger partial charge in [0.05, 0.1) is 11.7 Å². The first-order chi connectivity index (χ1) is 10.8. The van der Waals surface area contributed by atoms with E-state index in [1.165, 1.54) is 44.9 Å². The van der Waals surface area contributed by atoms with E-state index < -0.39 is 5.60 Å². The molecule has 4 aliphatic rings. The van der Waals surface area contributed by atoms with Gasteiger partial charge >= 0.3 is 0 Å². The van der Waals surface area contributed by atoms with Crippen LogP contribution in [0.5, 0.6) is 0 Å². The zero-order valence-electron chi connectivity index (χ0n) is 15.4. The third-order valence-corrected chi connectivity index (χ3v) is 9.42. The van der Waals surface area contributed by atoms with Crippen LogP contribution in [0.3, 0.4) is 0 Å². The van der Waals surface area contributed by atoms with Gasteiger partial charge in [-0.15, -0.1) is 0 Å². The molecule has 0 spiro atoms. The largest absolute Gasteiger partial charge is 0.393 e. The van der Waals surface area contributed by atoms with Crippen LogP contribution in [0.25, 0.3) is 0 Å². The minimum absolute atomic E-state index is 0.0692. The second-order valence-corrected chi connectivity index (χ2v) is 10.0. The smallest absolute Gasteiger partial charge is 0.0735 e. The maximum absolute atomic E-state index is 11.9. The van der Waals surface area contributed by atoms with Crippen molar-refractivity contribution in [3.63, 3.8) is 0 Å². The van der Waals surface area contributed by atoms with Crippen molar-refractivity contribution < 1.29 is 10.2 Å². The number of aliphatic hydroxyl groups is 2. The molecule has 4 fully saturated rings. The van der Waals surface area contributed by atoms with Crippen LogP contribution in [0.2, 0.25) is 0 Å². The summed E-state index contributed by atoms with van der Waals surface area (Å²) in [4.78, 5) is 0. The van der Waals surface area contributed by atoms with Crippen molar-refractivity contribution in [2.75, 3.05) is 0 Å². The van der Waals surface area contributed by atoms with E-state index >= 15 is 0 Å². The average Bonchev–Trinajstić information content (AvgIpc) is 2.78. The van der Waals surface area contributed by atoms with Gasteiger partial charge in [-0.1, -0.05) is 26.7 Å². The van der Waals surface area contributed by atoms with E-state index in [9.17, 15) is 10.2 Å². The van der Waals surface area contributed by atoms with Crippen LogP contribution in [0, 0.1) is 34.5 Å². The van der Waals surface area contributed by atoms with Crippen LogP contribution in [0.15, 0.2) is 0 Å². The Labute approximate surface area is 142 Å². The molecule has 0 bridgehead atoms. The Morgan fingerprint density at radius 3 is 2.39 bits per heavy atom. The molecule has 0 aromatic heterocycles. The molecule has 0 radical (unpaired) electrons. The predicted molar refractivity (Wildman–Crippen MR) is 93.0 cm³/mol. The minimum Gasteiger partial charge on any atom is -0.393 e. The molecular formula is C21H36O2. The maximum atomic E-state index is 11.9. The summed E-state index contributed by atoms with van der Waals surface area (Å²) < 4.78 is 0. The molecule has 0 amide bonds. The van der Waals surface area contributed by atoms with Gasteiger partial charge in [0.15, 0.2) is 0 Å². The van der Waals surface area contributed by atoms with Crippen molar-refractivity contribution in [3.8, 4) is 0 Å². The standard InChI is InChI=1S/C21H36O2/c1-14(22)16-10-13-21(23)18-8-7-15-6-4-5-11-19(15,2)17(18)9-12-20(16,21)3/h14-18,22-23H,4-13H2,1-3H3. The molecule has 4 aliphatic carbocycles. The summed E-state index contributed by atoms with van der Waals surface area (Å²) in [7, 11) is 0. The highest BCUT2D eigenvalue weighted by Gasteiger charge is 2.67. The number of hydrogen-bond donors (Lipinski definition) is 2. The molecule has 0 saturated heterocycles. The van der Waals surface area contributed by atoms with Gasteiger partial charge in [0.25, 0.3) is 0 Å². The third kappa shape index (κ3) is 2.00. The first kappa shape index (κ1) is 16.4. The first-order valence-corrected chi connectivity index (χ1v) is 10.2. The van der Waals surface area contributed by atoms with Crippen molar-refractivity contribution in [2.45, 2.75) is 96.7 Å². The van der Waals surface area contributed by atoms with Crippen LogP contribution in [0.1, 0.15) is 85.0 Å². The summed E-state index contributed by atoms with van der Waals surface area (Å²) in [6.45, 7) is 6.79. The van der Waals surface area contributed by atoms with Crippen molar-refractivity contribution in [3.05, 3.63) is 0 Å². The van der Waals surface area contributed by atoms with Crippen LogP contribution in [-0.2, 0) is 0 Å². The molecule has 23 heavy (non-hydrogen) atoms. The summed E-state index contributed by atoms with van der Waals surface area (Å²) in [6.07, 6.45) is 12.2. The Morgan fingerprint density at radius 1 is 0.870 bits per heavy atom. The SMILES string of the molecule is CC(O)C1CCC2(O)C3CCC4CCCCC4(C)C3CCC12C. The van der Waals surface area contributed by atoms with Gasteiger partial charge in [-0.05, 0) is 87.4 Å². The zero-order valence-corrected chi connectivity index (χ0v) is 15.4. The van der Waals surface area contributed by atoms with E-state index in [2.05, 4.69) is 13.8 Å². The number of rotatable bonds is 1. The Bertz CT molecular complexity index is 474. The van der Waals surface area contributed by atoms with Gasteiger partial charge in [0.2, 0.25) is 0 Å². The lowest BCUT2D eigenvalue weighted by molar-refractivity contribution is -0.211. The molecule has 0 aliphatic heterocycles. The molecule has 8 atom stereocenters. The van der Waals surface area contributed by atoms with E-state index in [-0.39, 0.29) is 17.4 Å².